The summed E-state index contributed by atoms with van der Waals surface area (Å²) in [7, 11) is 0. The maximum Gasteiger partial charge on any atom is 0.276 e. The van der Waals surface area contributed by atoms with E-state index in [0.29, 0.717) is 36.9 Å². The predicted octanol–water partition coefficient (Wildman–Crippen LogP) is 2.12. The van der Waals surface area contributed by atoms with Crippen molar-refractivity contribution in [3.63, 3.8) is 0 Å². The highest BCUT2D eigenvalue weighted by atomic mass is 32.1. The fourth-order valence-electron chi connectivity index (χ4n) is 2.24. The number of carbonyl (C=O) groups excluding carboxylic acids is 2. The molecule has 0 spiro atoms. The summed E-state index contributed by atoms with van der Waals surface area (Å²) in [5.41, 5.74) is 6.28. The molecule has 0 heterocycles. The summed E-state index contributed by atoms with van der Waals surface area (Å²) in [6.07, 6.45) is 0. The van der Waals surface area contributed by atoms with Crippen molar-refractivity contribution in [1.82, 2.24) is 16.2 Å². The first-order valence-electron chi connectivity index (χ1n) is 9.38. The van der Waals surface area contributed by atoms with E-state index in [4.69, 9.17) is 26.4 Å². The first kappa shape index (κ1) is 23.1. The van der Waals surface area contributed by atoms with Gasteiger partial charge in [0.2, 0.25) is 0 Å². The molecular weight excluding hydrogens is 406 g/mol. The van der Waals surface area contributed by atoms with Crippen LogP contribution in [0.4, 0.5) is 0 Å². The molecule has 0 aliphatic heterocycles. The molecular formula is C21H25N3O5S. The Morgan fingerprint density at radius 3 is 2.47 bits per heavy atom. The minimum Gasteiger partial charge on any atom is -0.491 e. The number of hydrogen-bond acceptors (Lipinski definition) is 6. The van der Waals surface area contributed by atoms with E-state index in [1.165, 1.54) is 0 Å². The van der Waals surface area contributed by atoms with Crippen molar-refractivity contribution in [3.8, 4) is 11.5 Å². The molecule has 0 saturated carbocycles. The van der Waals surface area contributed by atoms with E-state index in [1.807, 2.05) is 26.0 Å². The summed E-state index contributed by atoms with van der Waals surface area (Å²) in [6.45, 7) is 5.13. The number of hydrogen-bond donors (Lipinski definition) is 3. The van der Waals surface area contributed by atoms with E-state index in [0.717, 1.165) is 5.56 Å². The minimum absolute atomic E-state index is 0.0497. The van der Waals surface area contributed by atoms with Gasteiger partial charge in [-0.2, -0.15) is 0 Å². The fraction of sp³-hybridized carbons (Fsp3) is 0.286. The van der Waals surface area contributed by atoms with Crippen LogP contribution in [0.2, 0.25) is 0 Å². The molecule has 8 nitrogen and oxygen atoms in total. The van der Waals surface area contributed by atoms with Gasteiger partial charge in [-0.25, -0.2) is 0 Å². The fourth-order valence-corrected chi connectivity index (χ4v) is 2.39. The van der Waals surface area contributed by atoms with Gasteiger partial charge in [0.25, 0.3) is 11.8 Å². The Bertz CT molecular complexity index is 858. The zero-order valence-electron chi connectivity index (χ0n) is 16.9. The van der Waals surface area contributed by atoms with E-state index in [9.17, 15) is 9.59 Å². The van der Waals surface area contributed by atoms with Gasteiger partial charge in [0.15, 0.2) is 11.7 Å². The largest absolute Gasteiger partial charge is 0.491 e. The van der Waals surface area contributed by atoms with Gasteiger partial charge in [0, 0.05) is 12.2 Å². The average Bonchev–Trinajstić information content (AvgIpc) is 2.75. The molecule has 3 N–H and O–H groups in total. The SMILES string of the molecule is CCOCCOc1cccc(C(=O)NC(=S)NNC(=O)COc2ccc(C)cc2)c1. The quantitative estimate of drug-likeness (QED) is 0.318. The van der Waals surface area contributed by atoms with Crippen LogP contribution in [0.3, 0.4) is 0 Å². The van der Waals surface area contributed by atoms with Crippen LogP contribution >= 0.6 is 12.2 Å². The standard InChI is InChI=1S/C21H25N3O5S/c1-3-27-11-12-28-18-6-4-5-16(13-18)20(26)22-21(30)24-23-19(25)14-29-17-9-7-15(2)8-10-17/h4-10,13H,3,11-12,14H2,1-2H3,(H,23,25)(H2,22,24,26,30). The third-order valence-corrected chi connectivity index (χ3v) is 3.93. The number of hydrazine groups is 1. The molecule has 160 valence electrons. The van der Waals surface area contributed by atoms with Gasteiger partial charge in [0.1, 0.15) is 18.1 Å². The lowest BCUT2D eigenvalue weighted by atomic mass is 10.2. The average molecular weight is 432 g/mol. The monoisotopic (exact) mass is 431 g/mol. The molecule has 30 heavy (non-hydrogen) atoms. The summed E-state index contributed by atoms with van der Waals surface area (Å²) < 4.78 is 16.1. The highest BCUT2D eigenvalue weighted by Crippen LogP contribution is 2.13. The summed E-state index contributed by atoms with van der Waals surface area (Å²) in [5.74, 6) is 0.238. The molecule has 0 aliphatic carbocycles. The Hall–Kier alpha value is -3.17. The third kappa shape index (κ3) is 8.46. The minimum atomic E-state index is -0.447. The molecule has 0 aromatic heterocycles. The molecule has 0 bridgehead atoms. The summed E-state index contributed by atoms with van der Waals surface area (Å²) in [5, 5.41) is 2.43. The second-order valence-corrected chi connectivity index (χ2v) is 6.54. The van der Waals surface area contributed by atoms with Crippen molar-refractivity contribution in [2.45, 2.75) is 13.8 Å². The normalized spacial score (nSPS) is 10.1. The summed E-state index contributed by atoms with van der Waals surface area (Å²) in [4.78, 5) is 24.1. The molecule has 0 unspecified atom stereocenters. The molecule has 0 radical (unpaired) electrons. The van der Waals surface area contributed by atoms with E-state index >= 15 is 0 Å². The zero-order valence-corrected chi connectivity index (χ0v) is 17.7. The van der Waals surface area contributed by atoms with Crippen molar-refractivity contribution in [2.75, 3.05) is 26.4 Å². The highest BCUT2D eigenvalue weighted by molar-refractivity contribution is 7.80. The number of rotatable bonds is 9. The van der Waals surface area contributed by atoms with Gasteiger partial charge in [-0.05, 0) is 56.4 Å². The van der Waals surface area contributed by atoms with Crippen LogP contribution in [0.5, 0.6) is 11.5 Å². The first-order chi connectivity index (χ1) is 14.5. The van der Waals surface area contributed by atoms with Gasteiger partial charge >= 0.3 is 0 Å². The lowest BCUT2D eigenvalue weighted by molar-refractivity contribution is -0.123. The maximum absolute atomic E-state index is 12.3. The number of ether oxygens (including phenoxy) is 3. The van der Waals surface area contributed by atoms with Gasteiger partial charge in [-0.3, -0.25) is 25.8 Å². The van der Waals surface area contributed by atoms with E-state index in [2.05, 4.69) is 16.2 Å². The Balaban J connectivity index is 1.72. The topological polar surface area (TPSA) is 97.9 Å². The molecule has 9 heteroatoms. The number of carbonyl (C=O) groups is 2. The van der Waals surface area contributed by atoms with Crippen molar-refractivity contribution in [3.05, 3.63) is 59.7 Å². The van der Waals surface area contributed by atoms with E-state index in [-0.39, 0.29) is 11.7 Å². The number of aryl methyl sites for hydroxylation is 1. The summed E-state index contributed by atoms with van der Waals surface area (Å²) in [6, 6.07) is 14.0. The lowest BCUT2D eigenvalue weighted by Crippen LogP contribution is -2.49. The lowest BCUT2D eigenvalue weighted by Gasteiger charge is -2.12. The molecule has 0 atom stereocenters. The number of thiocarbonyl (C=S) groups is 1. The van der Waals surface area contributed by atoms with E-state index in [1.54, 1.807) is 36.4 Å². The molecule has 0 saturated heterocycles. The van der Waals surface area contributed by atoms with Crippen LogP contribution in [0, 0.1) is 6.92 Å². The Morgan fingerprint density at radius 2 is 1.73 bits per heavy atom. The Morgan fingerprint density at radius 1 is 0.967 bits per heavy atom. The Labute approximate surface area is 180 Å². The van der Waals surface area contributed by atoms with Gasteiger partial charge in [0.05, 0.1) is 6.61 Å². The van der Waals surface area contributed by atoms with Crippen LogP contribution in [-0.4, -0.2) is 43.4 Å². The third-order valence-electron chi connectivity index (χ3n) is 3.73. The Kier molecular flexibility index (Phi) is 9.56. The molecule has 0 fully saturated rings. The second kappa shape index (κ2) is 12.4. The van der Waals surface area contributed by atoms with Gasteiger partial charge in [-0.1, -0.05) is 23.8 Å². The molecule has 2 aromatic carbocycles. The van der Waals surface area contributed by atoms with Gasteiger partial charge < -0.3 is 14.2 Å². The molecule has 2 rings (SSSR count). The van der Waals surface area contributed by atoms with Crippen LogP contribution in [0.1, 0.15) is 22.8 Å². The highest BCUT2D eigenvalue weighted by Gasteiger charge is 2.10. The van der Waals surface area contributed by atoms with E-state index < -0.39 is 11.8 Å². The molecule has 2 amide bonds. The van der Waals surface area contributed by atoms with Crippen LogP contribution in [-0.2, 0) is 9.53 Å². The maximum atomic E-state index is 12.3. The van der Waals surface area contributed by atoms with Crippen molar-refractivity contribution in [2.24, 2.45) is 0 Å². The van der Waals surface area contributed by atoms with Crippen molar-refractivity contribution < 1.29 is 23.8 Å². The smallest absolute Gasteiger partial charge is 0.276 e. The van der Waals surface area contributed by atoms with Crippen LogP contribution in [0.15, 0.2) is 48.5 Å². The molecule has 2 aromatic rings. The second-order valence-electron chi connectivity index (χ2n) is 6.13. The van der Waals surface area contributed by atoms with Crippen molar-refractivity contribution in [1.29, 1.82) is 0 Å². The summed E-state index contributed by atoms with van der Waals surface area (Å²) >= 11 is 5.03. The zero-order chi connectivity index (χ0) is 21.8. The first-order valence-corrected chi connectivity index (χ1v) is 9.79. The predicted molar refractivity (Wildman–Crippen MR) is 116 cm³/mol. The van der Waals surface area contributed by atoms with Gasteiger partial charge in [-0.15, -0.1) is 0 Å². The van der Waals surface area contributed by atoms with Crippen molar-refractivity contribution >= 4 is 29.1 Å². The van der Waals surface area contributed by atoms with Crippen LogP contribution < -0.4 is 25.6 Å². The number of benzene rings is 2. The number of amides is 2. The van der Waals surface area contributed by atoms with Crippen LogP contribution in [0.25, 0.3) is 0 Å². The molecule has 0 aliphatic rings. The number of nitrogens with one attached hydrogen (secondary N) is 3.